The van der Waals surface area contributed by atoms with Crippen molar-refractivity contribution in [3.63, 3.8) is 0 Å². The second-order valence-electron chi connectivity index (χ2n) is 5.45. The lowest BCUT2D eigenvalue weighted by Gasteiger charge is -2.25. The maximum atomic E-state index is 6.14. The Balaban J connectivity index is 2.12. The molecule has 1 aliphatic rings. The van der Waals surface area contributed by atoms with E-state index in [0.717, 1.165) is 30.9 Å². The average Bonchev–Trinajstić information content (AvgIpc) is 3.08. The third kappa shape index (κ3) is 2.19. The van der Waals surface area contributed by atoms with Gasteiger partial charge in [-0.05, 0) is 31.2 Å². The number of methoxy groups -OCH3 is 1. The summed E-state index contributed by atoms with van der Waals surface area (Å²) in [4.78, 5) is 4.33. The summed E-state index contributed by atoms with van der Waals surface area (Å²) in [6, 6.07) is 5.63. The zero-order valence-electron chi connectivity index (χ0n) is 11.7. The fourth-order valence-electron chi connectivity index (χ4n) is 2.82. The Morgan fingerprint density at radius 1 is 1.45 bits per heavy atom. The van der Waals surface area contributed by atoms with Crippen molar-refractivity contribution in [1.82, 2.24) is 14.9 Å². The summed E-state index contributed by atoms with van der Waals surface area (Å²) in [7, 11) is 1.67. The summed E-state index contributed by atoms with van der Waals surface area (Å²) in [5.74, 6) is 0.795. The van der Waals surface area contributed by atoms with E-state index in [1.54, 1.807) is 7.11 Å². The third-order valence-corrected chi connectivity index (χ3v) is 4.26. The fraction of sp³-hybridized carbons (Fsp3) is 0.400. The standard InChI is InChI=1S/C15H18ClN3O/c1-15(5-6-17-9-15)14-8-18-10-19(14)12-7-11(16)3-4-13(12)20-2/h3-4,7-8,10,17H,5-6,9H2,1-2H3. The maximum absolute atomic E-state index is 6.14. The van der Waals surface area contributed by atoms with Crippen molar-refractivity contribution in [1.29, 1.82) is 0 Å². The van der Waals surface area contributed by atoms with Gasteiger partial charge < -0.3 is 10.1 Å². The lowest BCUT2D eigenvalue weighted by Crippen LogP contribution is -2.27. The Morgan fingerprint density at radius 3 is 3.00 bits per heavy atom. The van der Waals surface area contributed by atoms with Gasteiger partial charge in [-0.3, -0.25) is 4.57 Å². The molecule has 3 rings (SSSR count). The van der Waals surface area contributed by atoms with Gasteiger partial charge in [-0.25, -0.2) is 4.98 Å². The van der Waals surface area contributed by atoms with Gasteiger partial charge in [0.15, 0.2) is 0 Å². The summed E-state index contributed by atoms with van der Waals surface area (Å²) in [5.41, 5.74) is 2.20. The zero-order chi connectivity index (χ0) is 14.2. The van der Waals surface area contributed by atoms with Crippen LogP contribution in [0.15, 0.2) is 30.7 Å². The van der Waals surface area contributed by atoms with Crippen LogP contribution in [0.3, 0.4) is 0 Å². The molecule has 1 unspecified atom stereocenters. The number of nitrogens with one attached hydrogen (secondary N) is 1. The molecule has 1 aromatic heterocycles. The maximum Gasteiger partial charge on any atom is 0.142 e. The highest BCUT2D eigenvalue weighted by atomic mass is 35.5. The molecule has 4 nitrogen and oxygen atoms in total. The van der Waals surface area contributed by atoms with Gasteiger partial charge in [0.1, 0.15) is 5.75 Å². The van der Waals surface area contributed by atoms with E-state index in [2.05, 4.69) is 21.8 Å². The smallest absolute Gasteiger partial charge is 0.142 e. The molecule has 0 spiro atoms. The molecule has 1 N–H and O–H groups in total. The number of nitrogens with zero attached hydrogens (tertiary/aromatic N) is 2. The zero-order valence-corrected chi connectivity index (χ0v) is 12.4. The van der Waals surface area contributed by atoms with Crippen LogP contribution in [0.4, 0.5) is 0 Å². The van der Waals surface area contributed by atoms with E-state index >= 15 is 0 Å². The molecule has 1 aromatic carbocycles. The van der Waals surface area contributed by atoms with E-state index < -0.39 is 0 Å². The first-order chi connectivity index (χ1) is 9.64. The summed E-state index contributed by atoms with van der Waals surface area (Å²) < 4.78 is 7.53. The molecule has 20 heavy (non-hydrogen) atoms. The number of hydrogen-bond donors (Lipinski definition) is 1. The van der Waals surface area contributed by atoms with Gasteiger partial charge in [0, 0.05) is 28.9 Å². The van der Waals surface area contributed by atoms with Gasteiger partial charge in [-0.2, -0.15) is 0 Å². The molecule has 0 aliphatic carbocycles. The predicted molar refractivity (Wildman–Crippen MR) is 80.0 cm³/mol. The van der Waals surface area contributed by atoms with Crippen LogP contribution in [0.25, 0.3) is 5.69 Å². The van der Waals surface area contributed by atoms with Gasteiger partial charge in [0.05, 0.1) is 19.1 Å². The molecule has 1 aliphatic heterocycles. The summed E-state index contributed by atoms with van der Waals surface area (Å²) in [5, 5.41) is 4.11. The number of ether oxygens (including phenoxy) is 1. The van der Waals surface area contributed by atoms with Gasteiger partial charge in [-0.1, -0.05) is 18.5 Å². The summed E-state index contributed by atoms with van der Waals surface area (Å²) in [6.07, 6.45) is 4.86. The molecule has 0 saturated carbocycles. The fourth-order valence-corrected chi connectivity index (χ4v) is 2.99. The lowest BCUT2D eigenvalue weighted by atomic mass is 9.86. The topological polar surface area (TPSA) is 39.1 Å². The quantitative estimate of drug-likeness (QED) is 0.945. The molecular formula is C15H18ClN3O. The van der Waals surface area contributed by atoms with Crippen LogP contribution in [0.5, 0.6) is 5.75 Å². The highest BCUT2D eigenvalue weighted by Gasteiger charge is 2.34. The molecule has 1 atom stereocenters. The Morgan fingerprint density at radius 2 is 2.30 bits per heavy atom. The number of halogens is 1. The molecule has 2 heterocycles. The molecule has 0 bridgehead atoms. The summed E-state index contributed by atoms with van der Waals surface area (Å²) in [6.45, 7) is 4.26. The van der Waals surface area contributed by atoms with Crippen LogP contribution in [0.2, 0.25) is 5.02 Å². The van der Waals surface area contributed by atoms with Crippen molar-refractivity contribution in [3.8, 4) is 11.4 Å². The van der Waals surface area contributed by atoms with Crippen molar-refractivity contribution in [2.24, 2.45) is 0 Å². The normalized spacial score (nSPS) is 22.1. The number of rotatable bonds is 3. The Bertz CT molecular complexity index is 617. The van der Waals surface area contributed by atoms with Crippen molar-refractivity contribution in [2.75, 3.05) is 20.2 Å². The molecule has 0 radical (unpaired) electrons. The molecule has 1 fully saturated rings. The summed E-state index contributed by atoms with van der Waals surface area (Å²) >= 11 is 6.14. The van der Waals surface area contributed by atoms with E-state index in [4.69, 9.17) is 16.3 Å². The first-order valence-corrected chi connectivity index (χ1v) is 7.09. The van der Waals surface area contributed by atoms with Crippen molar-refractivity contribution in [2.45, 2.75) is 18.8 Å². The van der Waals surface area contributed by atoms with E-state index in [1.165, 1.54) is 5.69 Å². The van der Waals surface area contributed by atoms with Gasteiger partial charge >= 0.3 is 0 Å². The number of benzene rings is 1. The SMILES string of the molecule is COc1ccc(Cl)cc1-n1cncc1C1(C)CCNC1. The Hall–Kier alpha value is -1.52. The van der Waals surface area contributed by atoms with Crippen LogP contribution in [0.1, 0.15) is 19.0 Å². The van der Waals surface area contributed by atoms with Crippen LogP contribution < -0.4 is 10.1 Å². The molecule has 1 saturated heterocycles. The Kier molecular flexibility index (Phi) is 3.44. The van der Waals surface area contributed by atoms with Gasteiger partial charge in [0.2, 0.25) is 0 Å². The van der Waals surface area contributed by atoms with Gasteiger partial charge in [-0.15, -0.1) is 0 Å². The lowest BCUT2D eigenvalue weighted by molar-refractivity contribution is 0.411. The molecule has 5 heteroatoms. The molecule has 2 aromatic rings. The highest BCUT2D eigenvalue weighted by Crippen LogP contribution is 2.34. The number of hydrogen-bond acceptors (Lipinski definition) is 3. The van der Waals surface area contributed by atoms with E-state index in [-0.39, 0.29) is 5.41 Å². The van der Waals surface area contributed by atoms with E-state index in [9.17, 15) is 0 Å². The molecular weight excluding hydrogens is 274 g/mol. The second-order valence-corrected chi connectivity index (χ2v) is 5.89. The van der Waals surface area contributed by atoms with Crippen LogP contribution in [-0.4, -0.2) is 29.8 Å². The molecule has 0 amide bonds. The van der Waals surface area contributed by atoms with Crippen LogP contribution in [0, 0.1) is 0 Å². The predicted octanol–water partition coefficient (Wildman–Crippen LogP) is 2.79. The monoisotopic (exact) mass is 291 g/mol. The first kappa shape index (κ1) is 13.5. The van der Waals surface area contributed by atoms with Gasteiger partial charge in [0.25, 0.3) is 0 Å². The van der Waals surface area contributed by atoms with E-state index in [0.29, 0.717) is 5.02 Å². The third-order valence-electron chi connectivity index (χ3n) is 4.03. The largest absolute Gasteiger partial charge is 0.495 e. The average molecular weight is 292 g/mol. The first-order valence-electron chi connectivity index (χ1n) is 6.71. The minimum absolute atomic E-state index is 0.0871. The minimum atomic E-state index is 0.0871. The second kappa shape index (κ2) is 5.11. The van der Waals surface area contributed by atoms with Crippen LogP contribution >= 0.6 is 11.6 Å². The molecule has 106 valence electrons. The minimum Gasteiger partial charge on any atom is -0.495 e. The van der Waals surface area contributed by atoms with Crippen molar-refractivity contribution >= 4 is 11.6 Å². The van der Waals surface area contributed by atoms with E-state index in [1.807, 2.05) is 30.7 Å². The van der Waals surface area contributed by atoms with Crippen molar-refractivity contribution in [3.05, 3.63) is 41.4 Å². The highest BCUT2D eigenvalue weighted by molar-refractivity contribution is 6.30. The number of aromatic nitrogens is 2. The Labute approximate surface area is 123 Å². The number of imidazole rings is 1. The van der Waals surface area contributed by atoms with Crippen LogP contribution in [-0.2, 0) is 5.41 Å². The van der Waals surface area contributed by atoms with Crippen molar-refractivity contribution < 1.29 is 4.74 Å².